The number of likely N-dealkylation sites (tertiary alicyclic amines) is 1. The Morgan fingerprint density at radius 3 is 2.87 bits per heavy atom. The predicted molar refractivity (Wildman–Crippen MR) is 114 cm³/mol. The first kappa shape index (κ1) is 18.4. The van der Waals surface area contributed by atoms with E-state index in [-0.39, 0.29) is 5.91 Å². The highest BCUT2D eigenvalue weighted by Crippen LogP contribution is 2.22. The summed E-state index contributed by atoms with van der Waals surface area (Å²) in [7, 11) is 0. The molecule has 0 aliphatic carbocycles. The molecule has 0 spiro atoms. The number of aromatic amines is 1. The topological polar surface area (TPSA) is 87.7 Å². The molecule has 0 radical (unpaired) electrons. The maximum atomic E-state index is 13.0. The second-order valence-corrected chi connectivity index (χ2v) is 7.68. The molecule has 4 aromatic rings. The van der Waals surface area contributed by atoms with E-state index in [1.165, 1.54) is 0 Å². The molecule has 1 saturated heterocycles. The standard InChI is InChI=1S/C23H22N6O/c30-23(20-8-7-17-5-1-2-6-19(17)28-20)29-11-3-4-16(15-29)12-18-13-27-21(14-26-18)22-24-9-10-25-22/h1-2,5-10,13-14,16H,3-4,11-12,15H2,(H,24,25)/t16-/m0/s1. The van der Waals surface area contributed by atoms with Gasteiger partial charge in [-0.2, -0.15) is 0 Å². The van der Waals surface area contributed by atoms with Gasteiger partial charge in [0.2, 0.25) is 0 Å². The van der Waals surface area contributed by atoms with E-state index in [0.717, 1.165) is 54.6 Å². The number of hydrogen-bond donors (Lipinski definition) is 1. The molecule has 0 unspecified atom stereocenters. The molecule has 4 heterocycles. The van der Waals surface area contributed by atoms with Gasteiger partial charge in [0, 0.05) is 37.1 Å². The normalized spacial score (nSPS) is 16.7. The van der Waals surface area contributed by atoms with Gasteiger partial charge in [0.05, 0.1) is 17.4 Å². The molecule has 7 nitrogen and oxygen atoms in total. The summed E-state index contributed by atoms with van der Waals surface area (Å²) in [5.41, 5.74) is 3.03. The number of H-pyrrole nitrogens is 1. The third kappa shape index (κ3) is 3.78. The largest absolute Gasteiger partial charge is 0.343 e. The lowest BCUT2D eigenvalue weighted by atomic mass is 9.93. The predicted octanol–water partition coefficient (Wildman–Crippen LogP) is 3.51. The Labute approximate surface area is 174 Å². The highest BCUT2D eigenvalue weighted by atomic mass is 16.2. The lowest BCUT2D eigenvalue weighted by Crippen LogP contribution is -2.40. The number of para-hydroxylation sites is 1. The van der Waals surface area contributed by atoms with Gasteiger partial charge in [-0.3, -0.25) is 9.78 Å². The summed E-state index contributed by atoms with van der Waals surface area (Å²) >= 11 is 0. The van der Waals surface area contributed by atoms with E-state index in [9.17, 15) is 4.79 Å². The van der Waals surface area contributed by atoms with Crippen molar-refractivity contribution in [3.8, 4) is 11.5 Å². The quantitative estimate of drug-likeness (QED) is 0.568. The molecule has 1 aliphatic heterocycles. The first-order valence-corrected chi connectivity index (χ1v) is 10.2. The van der Waals surface area contributed by atoms with Crippen LogP contribution < -0.4 is 0 Å². The first-order chi connectivity index (χ1) is 14.8. The van der Waals surface area contributed by atoms with Crippen molar-refractivity contribution in [2.75, 3.05) is 13.1 Å². The van der Waals surface area contributed by atoms with E-state index in [2.05, 4.69) is 24.9 Å². The molecule has 1 aromatic carbocycles. The van der Waals surface area contributed by atoms with Crippen molar-refractivity contribution in [2.45, 2.75) is 19.3 Å². The van der Waals surface area contributed by atoms with E-state index in [4.69, 9.17) is 0 Å². The summed E-state index contributed by atoms with van der Waals surface area (Å²) in [6.07, 6.45) is 9.90. The number of benzene rings is 1. The van der Waals surface area contributed by atoms with Gasteiger partial charge in [-0.25, -0.2) is 15.0 Å². The van der Waals surface area contributed by atoms with Crippen molar-refractivity contribution in [2.24, 2.45) is 5.92 Å². The highest BCUT2D eigenvalue weighted by Gasteiger charge is 2.26. The third-order valence-corrected chi connectivity index (χ3v) is 5.57. The fourth-order valence-electron chi connectivity index (χ4n) is 4.05. The highest BCUT2D eigenvalue weighted by molar-refractivity contribution is 5.95. The summed E-state index contributed by atoms with van der Waals surface area (Å²) in [5, 5.41) is 1.04. The number of imidazole rings is 1. The molecular weight excluding hydrogens is 376 g/mol. The summed E-state index contributed by atoms with van der Waals surface area (Å²) in [4.78, 5) is 35.8. The Balaban J connectivity index is 1.26. The van der Waals surface area contributed by atoms with Crippen molar-refractivity contribution in [1.29, 1.82) is 0 Å². The molecule has 1 N–H and O–H groups in total. The van der Waals surface area contributed by atoms with Gasteiger partial charge >= 0.3 is 0 Å². The van der Waals surface area contributed by atoms with Gasteiger partial charge in [-0.1, -0.05) is 24.3 Å². The second kappa shape index (κ2) is 8.02. The summed E-state index contributed by atoms with van der Waals surface area (Å²) in [5.74, 6) is 1.09. The Hall–Kier alpha value is -3.61. The lowest BCUT2D eigenvalue weighted by Gasteiger charge is -2.32. The van der Waals surface area contributed by atoms with Crippen LogP contribution >= 0.6 is 0 Å². The molecule has 5 rings (SSSR count). The molecule has 1 aliphatic rings. The van der Waals surface area contributed by atoms with E-state index in [1.807, 2.05) is 47.5 Å². The zero-order chi connectivity index (χ0) is 20.3. The average Bonchev–Trinajstić information content (AvgIpc) is 3.34. The van der Waals surface area contributed by atoms with Crippen LogP contribution in [0.3, 0.4) is 0 Å². The summed E-state index contributed by atoms with van der Waals surface area (Å²) in [6, 6.07) is 11.7. The summed E-state index contributed by atoms with van der Waals surface area (Å²) < 4.78 is 0. The minimum absolute atomic E-state index is 0.00436. The summed E-state index contributed by atoms with van der Waals surface area (Å²) in [6.45, 7) is 1.49. The fourth-order valence-corrected chi connectivity index (χ4v) is 4.05. The Morgan fingerprint density at radius 1 is 1.10 bits per heavy atom. The number of carbonyl (C=O) groups excluding carboxylic acids is 1. The van der Waals surface area contributed by atoms with Gasteiger partial charge in [-0.05, 0) is 37.3 Å². The first-order valence-electron chi connectivity index (χ1n) is 10.2. The number of fused-ring (bicyclic) bond motifs is 1. The molecule has 1 atom stereocenters. The number of hydrogen-bond acceptors (Lipinski definition) is 5. The lowest BCUT2D eigenvalue weighted by molar-refractivity contribution is 0.0667. The molecule has 0 saturated carbocycles. The Bertz CT molecular complexity index is 1160. The average molecular weight is 398 g/mol. The van der Waals surface area contributed by atoms with Crippen LogP contribution in [0.2, 0.25) is 0 Å². The zero-order valence-electron chi connectivity index (χ0n) is 16.5. The molecule has 1 fully saturated rings. The molecule has 30 heavy (non-hydrogen) atoms. The van der Waals surface area contributed by atoms with Crippen molar-refractivity contribution >= 4 is 16.8 Å². The van der Waals surface area contributed by atoms with Crippen molar-refractivity contribution < 1.29 is 4.79 Å². The number of nitrogens with zero attached hydrogens (tertiary/aromatic N) is 5. The molecule has 150 valence electrons. The number of amides is 1. The van der Waals surface area contributed by atoms with E-state index in [0.29, 0.717) is 17.4 Å². The second-order valence-electron chi connectivity index (χ2n) is 7.68. The number of rotatable bonds is 4. The molecule has 3 aromatic heterocycles. The van der Waals surface area contributed by atoms with Gasteiger partial charge in [0.15, 0.2) is 5.82 Å². The zero-order valence-corrected chi connectivity index (χ0v) is 16.5. The van der Waals surface area contributed by atoms with Crippen molar-refractivity contribution in [1.82, 2.24) is 29.8 Å². The number of nitrogens with one attached hydrogen (secondary N) is 1. The van der Waals surface area contributed by atoms with E-state index in [1.54, 1.807) is 18.6 Å². The van der Waals surface area contributed by atoms with Crippen LogP contribution in [0, 0.1) is 5.92 Å². The van der Waals surface area contributed by atoms with Gasteiger partial charge in [0.25, 0.3) is 5.91 Å². The van der Waals surface area contributed by atoms with Crippen molar-refractivity contribution in [3.05, 3.63) is 72.6 Å². The van der Waals surface area contributed by atoms with Gasteiger partial charge in [0.1, 0.15) is 11.4 Å². The van der Waals surface area contributed by atoms with Crippen molar-refractivity contribution in [3.63, 3.8) is 0 Å². The van der Waals surface area contributed by atoms with Crippen LogP contribution in [-0.4, -0.2) is 48.8 Å². The Morgan fingerprint density at radius 2 is 2.03 bits per heavy atom. The Kier molecular flexibility index (Phi) is 4.93. The van der Waals surface area contributed by atoms with Gasteiger partial charge in [-0.15, -0.1) is 0 Å². The van der Waals surface area contributed by atoms with Gasteiger partial charge < -0.3 is 9.88 Å². The minimum atomic E-state index is 0.00436. The van der Waals surface area contributed by atoms with Crippen LogP contribution in [0.15, 0.2) is 61.2 Å². The molecule has 7 heteroatoms. The van der Waals surface area contributed by atoms with E-state index >= 15 is 0 Å². The maximum absolute atomic E-state index is 13.0. The third-order valence-electron chi connectivity index (χ3n) is 5.57. The van der Waals surface area contributed by atoms with Crippen LogP contribution in [0.5, 0.6) is 0 Å². The monoisotopic (exact) mass is 398 g/mol. The van der Waals surface area contributed by atoms with E-state index < -0.39 is 0 Å². The number of aromatic nitrogens is 5. The maximum Gasteiger partial charge on any atom is 0.272 e. The van der Waals surface area contributed by atoms with Crippen LogP contribution in [-0.2, 0) is 6.42 Å². The molecular formula is C23H22N6O. The van der Waals surface area contributed by atoms with Crippen LogP contribution in [0.25, 0.3) is 22.4 Å². The minimum Gasteiger partial charge on any atom is -0.343 e. The SMILES string of the molecule is O=C(c1ccc2ccccc2n1)N1CCC[C@@H](Cc2cnc(-c3ncc[nH]3)cn2)C1. The smallest absolute Gasteiger partial charge is 0.272 e. The number of pyridine rings is 1. The van der Waals surface area contributed by atoms with Crippen LogP contribution in [0.4, 0.5) is 0 Å². The molecule has 1 amide bonds. The van der Waals surface area contributed by atoms with Crippen LogP contribution in [0.1, 0.15) is 29.0 Å². The molecule has 0 bridgehead atoms. The fraction of sp³-hybridized carbons (Fsp3) is 0.261. The number of carbonyl (C=O) groups is 1. The number of piperidine rings is 1.